The van der Waals surface area contributed by atoms with Gasteiger partial charge >= 0.3 is 6.18 Å². The molecule has 1 saturated heterocycles. The van der Waals surface area contributed by atoms with Crippen LogP contribution >= 0.6 is 0 Å². The summed E-state index contributed by atoms with van der Waals surface area (Å²) in [6, 6.07) is 7.58. The van der Waals surface area contributed by atoms with Gasteiger partial charge in [-0.05, 0) is 55.3 Å². The average Bonchev–Trinajstić information content (AvgIpc) is 3.23. The Kier molecular flexibility index (Phi) is 5.94. The van der Waals surface area contributed by atoms with Crippen molar-refractivity contribution in [3.05, 3.63) is 59.7 Å². The van der Waals surface area contributed by atoms with Gasteiger partial charge in [0.15, 0.2) is 0 Å². The highest BCUT2D eigenvalue weighted by Crippen LogP contribution is 2.29. The summed E-state index contributed by atoms with van der Waals surface area (Å²) >= 11 is 0. The number of alkyl halides is 3. The van der Waals surface area contributed by atoms with Gasteiger partial charge in [0.2, 0.25) is 10.0 Å². The summed E-state index contributed by atoms with van der Waals surface area (Å²) in [6.07, 6.45) is -3.20. The molecule has 1 fully saturated rings. The number of hydrogen-bond acceptors (Lipinski definition) is 5. The fraction of sp³-hybridized carbons (Fsp3) is 0.278. The van der Waals surface area contributed by atoms with E-state index in [0.29, 0.717) is 19.2 Å². The number of nitrogens with zero attached hydrogens (tertiary/aromatic N) is 1. The van der Waals surface area contributed by atoms with Gasteiger partial charge in [-0.3, -0.25) is 4.79 Å². The van der Waals surface area contributed by atoms with E-state index in [1.54, 1.807) is 4.72 Å². The highest BCUT2D eigenvalue weighted by molar-refractivity contribution is 7.90. The number of hydrogen-bond donors (Lipinski definition) is 1. The molecule has 0 bridgehead atoms. The minimum absolute atomic E-state index is 0.0902. The molecule has 1 amide bonds. The van der Waals surface area contributed by atoms with Crippen LogP contribution in [-0.4, -0.2) is 40.1 Å². The van der Waals surface area contributed by atoms with E-state index in [1.807, 2.05) is 0 Å². The number of carbonyl (C=O) groups is 1. The maximum Gasteiger partial charge on any atom is 0.416 e. The van der Waals surface area contributed by atoms with Gasteiger partial charge < -0.3 is 0 Å². The standard InChI is InChI=1S/C18H17F3N2O5S2/c19-18(20,21)14-5-3-4-13(12-14)17(24)22-29(25,26)15-6-8-16(9-7-15)30(27,28)23-10-1-2-11-23/h3-9,12H,1-2,10-11H2,(H,22,24). The van der Waals surface area contributed by atoms with Crippen LogP contribution in [0.25, 0.3) is 0 Å². The fourth-order valence-electron chi connectivity index (χ4n) is 2.94. The molecule has 12 heteroatoms. The summed E-state index contributed by atoms with van der Waals surface area (Å²) in [6.45, 7) is 0.769. The van der Waals surface area contributed by atoms with Gasteiger partial charge in [-0.25, -0.2) is 21.6 Å². The second-order valence-corrected chi connectivity index (χ2v) is 10.2. The number of halogens is 3. The predicted molar refractivity (Wildman–Crippen MR) is 101 cm³/mol. The fourth-order valence-corrected chi connectivity index (χ4v) is 5.44. The van der Waals surface area contributed by atoms with Crippen molar-refractivity contribution in [3.63, 3.8) is 0 Å². The molecule has 0 atom stereocenters. The van der Waals surface area contributed by atoms with Gasteiger partial charge in [-0.1, -0.05) is 6.07 Å². The molecule has 0 aromatic heterocycles. The quantitative estimate of drug-likeness (QED) is 0.736. The SMILES string of the molecule is O=C(NS(=O)(=O)c1ccc(S(=O)(=O)N2CCCC2)cc1)c1cccc(C(F)(F)F)c1. The first-order valence-electron chi connectivity index (χ1n) is 8.76. The van der Waals surface area contributed by atoms with Crippen molar-refractivity contribution in [1.29, 1.82) is 0 Å². The number of sulfonamides is 2. The van der Waals surface area contributed by atoms with Crippen molar-refractivity contribution in [2.45, 2.75) is 28.8 Å². The Labute approximate surface area is 171 Å². The molecular formula is C18H17F3N2O5S2. The van der Waals surface area contributed by atoms with E-state index in [0.717, 1.165) is 55.3 Å². The molecule has 1 aliphatic heterocycles. The van der Waals surface area contributed by atoms with E-state index in [-0.39, 0.29) is 4.90 Å². The van der Waals surface area contributed by atoms with E-state index in [1.165, 1.54) is 4.31 Å². The van der Waals surface area contributed by atoms with Crippen molar-refractivity contribution in [2.24, 2.45) is 0 Å². The second-order valence-electron chi connectivity index (χ2n) is 6.60. The largest absolute Gasteiger partial charge is 0.416 e. The third-order valence-electron chi connectivity index (χ3n) is 4.52. The lowest BCUT2D eigenvalue weighted by atomic mass is 10.1. The molecule has 0 unspecified atom stereocenters. The topological polar surface area (TPSA) is 101 Å². The Balaban J connectivity index is 1.80. The third-order valence-corrected chi connectivity index (χ3v) is 7.78. The molecule has 30 heavy (non-hydrogen) atoms. The second kappa shape index (κ2) is 8.00. The number of carbonyl (C=O) groups excluding carboxylic acids is 1. The molecule has 1 heterocycles. The Morgan fingerprint density at radius 1 is 0.900 bits per heavy atom. The smallest absolute Gasteiger partial charge is 0.268 e. The van der Waals surface area contributed by atoms with Gasteiger partial charge in [0.25, 0.3) is 15.9 Å². The van der Waals surface area contributed by atoms with Crippen molar-refractivity contribution in [2.75, 3.05) is 13.1 Å². The molecule has 2 aromatic rings. The van der Waals surface area contributed by atoms with Crippen LogP contribution in [0.5, 0.6) is 0 Å². The summed E-state index contributed by atoms with van der Waals surface area (Å²) in [4.78, 5) is 11.7. The molecular weight excluding hydrogens is 445 g/mol. The number of rotatable bonds is 5. The molecule has 0 spiro atoms. The molecule has 1 N–H and O–H groups in total. The molecule has 3 rings (SSSR count). The minimum atomic E-state index is -4.69. The van der Waals surface area contributed by atoms with Crippen LogP contribution in [0.2, 0.25) is 0 Å². The lowest BCUT2D eigenvalue weighted by Crippen LogP contribution is -2.31. The number of amides is 1. The van der Waals surface area contributed by atoms with Crippen molar-refractivity contribution in [1.82, 2.24) is 9.03 Å². The lowest BCUT2D eigenvalue weighted by molar-refractivity contribution is -0.137. The predicted octanol–water partition coefficient (Wildman–Crippen LogP) is 2.61. The molecule has 1 aliphatic rings. The summed E-state index contributed by atoms with van der Waals surface area (Å²) < 4.78 is 91.1. The zero-order valence-electron chi connectivity index (χ0n) is 15.4. The van der Waals surface area contributed by atoms with Gasteiger partial charge in [0, 0.05) is 18.7 Å². The first-order valence-corrected chi connectivity index (χ1v) is 11.7. The van der Waals surface area contributed by atoms with Crippen LogP contribution in [-0.2, 0) is 26.2 Å². The lowest BCUT2D eigenvalue weighted by Gasteiger charge is -2.15. The zero-order chi connectivity index (χ0) is 22.2. The van der Waals surface area contributed by atoms with E-state index >= 15 is 0 Å². The van der Waals surface area contributed by atoms with E-state index in [2.05, 4.69) is 0 Å². The monoisotopic (exact) mass is 462 g/mol. The van der Waals surface area contributed by atoms with Gasteiger partial charge in [-0.15, -0.1) is 0 Å². The van der Waals surface area contributed by atoms with Crippen LogP contribution in [0.3, 0.4) is 0 Å². The van der Waals surface area contributed by atoms with Crippen molar-refractivity contribution >= 4 is 26.0 Å². The van der Waals surface area contributed by atoms with Crippen LogP contribution in [0.15, 0.2) is 58.3 Å². The highest BCUT2D eigenvalue weighted by atomic mass is 32.2. The molecule has 162 valence electrons. The Hall–Kier alpha value is -2.44. The highest BCUT2D eigenvalue weighted by Gasteiger charge is 2.31. The summed E-state index contributed by atoms with van der Waals surface area (Å²) in [7, 11) is -8.17. The maximum absolute atomic E-state index is 12.8. The van der Waals surface area contributed by atoms with Crippen LogP contribution < -0.4 is 4.72 Å². The van der Waals surface area contributed by atoms with E-state index in [4.69, 9.17) is 0 Å². The van der Waals surface area contributed by atoms with Crippen LogP contribution in [0, 0.1) is 0 Å². The Morgan fingerprint density at radius 3 is 2.03 bits per heavy atom. The van der Waals surface area contributed by atoms with E-state index < -0.39 is 48.2 Å². The van der Waals surface area contributed by atoms with Crippen LogP contribution in [0.4, 0.5) is 13.2 Å². The molecule has 0 radical (unpaired) electrons. The Morgan fingerprint density at radius 2 is 1.47 bits per heavy atom. The maximum atomic E-state index is 12.8. The summed E-state index contributed by atoms with van der Waals surface area (Å²) in [5.74, 6) is -1.24. The number of nitrogens with one attached hydrogen (secondary N) is 1. The minimum Gasteiger partial charge on any atom is -0.268 e. The van der Waals surface area contributed by atoms with Crippen molar-refractivity contribution < 1.29 is 34.8 Å². The number of benzene rings is 2. The average molecular weight is 462 g/mol. The summed E-state index contributed by atoms with van der Waals surface area (Å²) in [5.41, 5.74) is -1.58. The normalized spacial score (nSPS) is 15.8. The molecule has 0 saturated carbocycles. The van der Waals surface area contributed by atoms with Gasteiger partial charge in [-0.2, -0.15) is 17.5 Å². The first kappa shape index (κ1) is 22.2. The first-order chi connectivity index (χ1) is 13.9. The molecule has 2 aromatic carbocycles. The zero-order valence-corrected chi connectivity index (χ0v) is 17.0. The molecule has 7 nitrogen and oxygen atoms in total. The van der Waals surface area contributed by atoms with E-state index in [9.17, 15) is 34.8 Å². The van der Waals surface area contributed by atoms with Gasteiger partial charge in [0.05, 0.1) is 15.4 Å². The van der Waals surface area contributed by atoms with Crippen molar-refractivity contribution in [3.8, 4) is 0 Å². The third kappa shape index (κ3) is 4.65. The Bertz CT molecular complexity index is 1160. The summed E-state index contributed by atoms with van der Waals surface area (Å²) in [5, 5.41) is 0. The molecule has 0 aliphatic carbocycles. The van der Waals surface area contributed by atoms with Gasteiger partial charge in [0.1, 0.15) is 0 Å². The van der Waals surface area contributed by atoms with Crippen LogP contribution in [0.1, 0.15) is 28.8 Å².